The van der Waals surface area contributed by atoms with E-state index in [0.29, 0.717) is 11.5 Å². The minimum absolute atomic E-state index is 0.0191. The molecule has 0 aliphatic heterocycles. The minimum atomic E-state index is -0.204. The Morgan fingerprint density at radius 1 is 1.18 bits per heavy atom. The molecule has 1 aromatic heterocycles. The zero-order chi connectivity index (χ0) is 15.5. The number of nitrogens with one attached hydrogen (secondary N) is 1. The van der Waals surface area contributed by atoms with Gasteiger partial charge in [0.2, 0.25) is 0 Å². The number of hydrogen-bond acceptors (Lipinski definition) is 3. The number of carbonyl (C=O) groups excluding carboxylic acids is 1. The van der Waals surface area contributed by atoms with Gasteiger partial charge in [0.05, 0.1) is 0 Å². The van der Waals surface area contributed by atoms with E-state index in [9.17, 15) is 4.79 Å². The molecule has 1 heterocycles. The Hall–Kier alpha value is -2.62. The molecule has 22 heavy (non-hydrogen) atoms. The number of amides is 1. The summed E-state index contributed by atoms with van der Waals surface area (Å²) in [4.78, 5) is 12.0. The quantitative estimate of drug-likeness (QED) is 0.801. The van der Waals surface area contributed by atoms with Crippen molar-refractivity contribution in [2.24, 2.45) is 0 Å². The van der Waals surface area contributed by atoms with Gasteiger partial charge in [-0.05, 0) is 36.6 Å². The van der Waals surface area contributed by atoms with Crippen LogP contribution >= 0.6 is 0 Å². The van der Waals surface area contributed by atoms with Crippen LogP contribution in [0.2, 0.25) is 0 Å². The zero-order valence-corrected chi connectivity index (χ0v) is 12.7. The fourth-order valence-corrected chi connectivity index (χ4v) is 2.54. The second-order valence-corrected chi connectivity index (χ2v) is 5.58. The third-order valence-electron chi connectivity index (χ3n) is 3.59. The summed E-state index contributed by atoms with van der Waals surface area (Å²) < 4.78 is 4.92. The van der Waals surface area contributed by atoms with Crippen LogP contribution in [0.15, 0.2) is 53.1 Å². The molecule has 0 aliphatic rings. The van der Waals surface area contributed by atoms with Crippen LogP contribution in [0, 0.1) is 6.92 Å². The van der Waals surface area contributed by atoms with E-state index in [1.165, 1.54) is 16.3 Å². The number of carbonyl (C=O) groups is 1. The highest BCUT2D eigenvalue weighted by Crippen LogP contribution is 2.16. The van der Waals surface area contributed by atoms with Crippen LogP contribution in [0.25, 0.3) is 10.8 Å². The summed E-state index contributed by atoms with van der Waals surface area (Å²) in [5.41, 5.74) is 1.52. The van der Waals surface area contributed by atoms with E-state index in [1.807, 2.05) is 19.1 Å². The third kappa shape index (κ3) is 3.17. The van der Waals surface area contributed by atoms with Crippen molar-refractivity contribution in [3.63, 3.8) is 0 Å². The molecule has 0 unspecified atom stereocenters. The van der Waals surface area contributed by atoms with Crippen molar-refractivity contribution < 1.29 is 9.32 Å². The van der Waals surface area contributed by atoms with Gasteiger partial charge in [-0.2, -0.15) is 0 Å². The first-order chi connectivity index (χ1) is 10.6. The fourth-order valence-electron chi connectivity index (χ4n) is 2.54. The first-order valence-electron chi connectivity index (χ1n) is 7.33. The van der Waals surface area contributed by atoms with Gasteiger partial charge in [-0.15, -0.1) is 0 Å². The Morgan fingerprint density at radius 3 is 2.68 bits per heavy atom. The van der Waals surface area contributed by atoms with Crippen molar-refractivity contribution in [2.75, 3.05) is 0 Å². The second-order valence-electron chi connectivity index (χ2n) is 5.58. The maximum absolute atomic E-state index is 12.0. The van der Waals surface area contributed by atoms with Gasteiger partial charge in [0.25, 0.3) is 5.91 Å². The largest absolute Gasteiger partial charge is 0.361 e. The number of fused-ring (bicyclic) bond motifs is 1. The molecule has 1 amide bonds. The van der Waals surface area contributed by atoms with Gasteiger partial charge in [-0.3, -0.25) is 4.79 Å². The van der Waals surface area contributed by atoms with Crippen LogP contribution in [0.5, 0.6) is 0 Å². The van der Waals surface area contributed by atoms with Gasteiger partial charge in [0.15, 0.2) is 5.69 Å². The SMILES string of the molecule is Cc1cc(C(=O)N[C@H](C)Cc2ccc3ccccc3c2)no1. The first-order valence-corrected chi connectivity index (χ1v) is 7.33. The number of nitrogens with zero attached hydrogens (tertiary/aromatic N) is 1. The van der Waals surface area contributed by atoms with Gasteiger partial charge < -0.3 is 9.84 Å². The first kappa shape index (κ1) is 14.3. The lowest BCUT2D eigenvalue weighted by Crippen LogP contribution is -2.34. The number of rotatable bonds is 4. The fraction of sp³-hybridized carbons (Fsp3) is 0.222. The van der Waals surface area contributed by atoms with E-state index < -0.39 is 0 Å². The van der Waals surface area contributed by atoms with Crippen molar-refractivity contribution in [2.45, 2.75) is 26.3 Å². The molecular weight excluding hydrogens is 276 g/mol. The molecular formula is C18H18N2O2. The van der Waals surface area contributed by atoms with Crippen molar-refractivity contribution in [3.8, 4) is 0 Å². The molecule has 0 saturated heterocycles. The van der Waals surface area contributed by atoms with Crippen molar-refractivity contribution in [3.05, 3.63) is 65.5 Å². The van der Waals surface area contributed by atoms with Crippen LogP contribution in [0.1, 0.15) is 28.7 Å². The smallest absolute Gasteiger partial charge is 0.273 e. The Morgan fingerprint density at radius 2 is 1.95 bits per heavy atom. The lowest BCUT2D eigenvalue weighted by atomic mass is 10.0. The lowest BCUT2D eigenvalue weighted by Gasteiger charge is -2.13. The summed E-state index contributed by atoms with van der Waals surface area (Å²) in [5, 5.41) is 9.11. The van der Waals surface area contributed by atoms with Crippen LogP contribution in [0.3, 0.4) is 0 Å². The highest BCUT2D eigenvalue weighted by Gasteiger charge is 2.14. The Bertz CT molecular complexity index is 807. The number of aryl methyl sites for hydroxylation is 1. The highest BCUT2D eigenvalue weighted by atomic mass is 16.5. The summed E-state index contributed by atoms with van der Waals surface area (Å²) in [7, 11) is 0. The molecule has 1 atom stereocenters. The maximum Gasteiger partial charge on any atom is 0.273 e. The molecule has 2 aromatic carbocycles. The molecule has 0 aliphatic carbocycles. The standard InChI is InChI=1S/C18H18N2O2/c1-12(19-18(21)17-10-13(2)22-20-17)9-14-7-8-15-5-3-4-6-16(15)11-14/h3-8,10-12H,9H2,1-2H3,(H,19,21)/t12-/m1/s1. The van der Waals surface area contributed by atoms with E-state index in [2.05, 4.69) is 40.8 Å². The monoisotopic (exact) mass is 294 g/mol. The Labute approximate surface area is 129 Å². The van der Waals surface area contributed by atoms with Crippen LogP contribution in [-0.2, 0) is 6.42 Å². The molecule has 0 radical (unpaired) electrons. The van der Waals surface area contributed by atoms with Gasteiger partial charge in [-0.25, -0.2) is 0 Å². The van der Waals surface area contributed by atoms with E-state index in [0.717, 1.165) is 6.42 Å². The minimum Gasteiger partial charge on any atom is -0.361 e. The molecule has 3 rings (SSSR count). The van der Waals surface area contributed by atoms with Gasteiger partial charge in [0.1, 0.15) is 5.76 Å². The molecule has 1 N–H and O–H groups in total. The average Bonchev–Trinajstić information content (AvgIpc) is 2.94. The third-order valence-corrected chi connectivity index (χ3v) is 3.59. The molecule has 112 valence electrons. The number of benzene rings is 2. The van der Waals surface area contributed by atoms with Crippen molar-refractivity contribution in [1.82, 2.24) is 10.5 Å². The normalized spacial score (nSPS) is 12.3. The molecule has 0 spiro atoms. The average molecular weight is 294 g/mol. The molecule has 0 fully saturated rings. The van der Waals surface area contributed by atoms with Gasteiger partial charge in [0, 0.05) is 12.1 Å². The van der Waals surface area contributed by atoms with Gasteiger partial charge >= 0.3 is 0 Å². The predicted molar refractivity (Wildman–Crippen MR) is 85.8 cm³/mol. The summed E-state index contributed by atoms with van der Waals surface area (Å²) in [6.45, 7) is 3.75. The molecule has 4 heteroatoms. The molecule has 3 aromatic rings. The van der Waals surface area contributed by atoms with Crippen LogP contribution in [-0.4, -0.2) is 17.1 Å². The molecule has 0 saturated carbocycles. The van der Waals surface area contributed by atoms with E-state index in [4.69, 9.17) is 4.52 Å². The topological polar surface area (TPSA) is 55.1 Å². The van der Waals surface area contributed by atoms with Crippen LogP contribution in [0.4, 0.5) is 0 Å². The summed E-state index contributed by atoms with van der Waals surface area (Å²) in [6, 6.07) is 16.3. The second kappa shape index (κ2) is 6.02. The summed E-state index contributed by atoms with van der Waals surface area (Å²) in [5.74, 6) is 0.428. The number of aromatic nitrogens is 1. The Kier molecular flexibility index (Phi) is 3.92. The van der Waals surface area contributed by atoms with Gasteiger partial charge in [-0.1, -0.05) is 47.6 Å². The highest BCUT2D eigenvalue weighted by molar-refractivity contribution is 5.92. The lowest BCUT2D eigenvalue weighted by molar-refractivity contribution is 0.0931. The van der Waals surface area contributed by atoms with E-state index >= 15 is 0 Å². The van der Waals surface area contributed by atoms with Crippen molar-refractivity contribution in [1.29, 1.82) is 0 Å². The van der Waals surface area contributed by atoms with Crippen molar-refractivity contribution >= 4 is 16.7 Å². The summed E-state index contributed by atoms with van der Waals surface area (Å²) in [6.07, 6.45) is 0.771. The number of hydrogen-bond donors (Lipinski definition) is 1. The van der Waals surface area contributed by atoms with E-state index in [1.54, 1.807) is 13.0 Å². The predicted octanol–water partition coefficient (Wildman–Crippen LogP) is 3.50. The maximum atomic E-state index is 12.0. The zero-order valence-electron chi connectivity index (χ0n) is 12.7. The molecule has 0 bridgehead atoms. The Balaban J connectivity index is 1.67. The summed E-state index contributed by atoms with van der Waals surface area (Å²) >= 11 is 0. The van der Waals surface area contributed by atoms with Crippen LogP contribution < -0.4 is 5.32 Å². The molecule has 4 nitrogen and oxygen atoms in total. The van der Waals surface area contributed by atoms with E-state index in [-0.39, 0.29) is 11.9 Å².